The Morgan fingerprint density at radius 3 is 2.60 bits per heavy atom. The average Bonchev–Trinajstić information content (AvgIpc) is 2.68. The number of nitrogens with two attached hydrogens (primary N) is 1. The van der Waals surface area contributed by atoms with Crippen LogP contribution < -0.4 is 5.73 Å². The van der Waals surface area contributed by atoms with E-state index in [2.05, 4.69) is 0 Å². The fourth-order valence-corrected chi connectivity index (χ4v) is 2.83. The first kappa shape index (κ1) is 10.6. The summed E-state index contributed by atoms with van der Waals surface area (Å²) in [5, 5.41) is 0. The van der Waals surface area contributed by atoms with E-state index in [-0.39, 0.29) is 11.2 Å². The first-order valence-corrected chi connectivity index (χ1v) is 5.73. The van der Waals surface area contributed by atoms with E-state index < -0.39 is 0 Å². The normalized spacial score (nSPS) is 19.3. The van der Waals surface area contributed by atoms with Gasteiger partial charge in [-0.3, -0.25) is 0 Å². The van der Waals surface area contributed by atoms with Gasteiger partial charge in [0.2, 0.25) is 0 Å². The van der Waals surface area contributed by atoms with E-state index in [9.17, 15) is 4.39 Å². The van der Waals surface area contributed by atoms with Crippen molar-refractivity contribution >= 4 is 0 Å². The summed E-state index contributed by atoms with van der Waals surface area (Å²) < 4.78 is 13.2. The van der Waals surface area contributed by atoms with Crippen molar-refractivity contribution in [2.24, 2.45) is 5.73 Å². The second-order valence-electron chi connectivity index (χ2n) is 4.54. The van der Waals surface area contributed by atoms with E-state index in [0.29, 0.717) is 6.54 Å². The van der Waals surface area contributed by atoms with Crippen LogP contribution in [0.2, 0.25) is 0 Å². The molecular formula is C13H18FN. The number of halogens is 1. The van der Waals surface area contributed by atoms with Crippen LogP contribution in [0.25, 0.3) is 0 Å². The first-order chi connectivity index (χ1) is 7.27. The highest BCUT2D eigenvalue weighted by Gasteiger charge is 2.34. The first-order valence-electron chi connectivity index (χ1n) is 5.73. The maximum atomic E-state index is 13.2. The molecule has 1 aliphatic carbocycles. The Kier molecular flexibility index (Phi) is 3.06. The molecule has 1 aromatic rings. The van der Waals surface area contributed by atoms with E-state index in [1.807, 2.05) is 6.07 Å². The van der Waals surface area contributed by atoms with Crippen LogP contribution >= 0.6 is 0 Å². The van der Waals surface area contributed by atoms with E-state index in [0.717, 1.165) is 24.8 Å². The summed E-state index contributed by atoms with van der Waals surface area (Å²) in [6, 6.07) is 7.04. The predicted octanol–water partition coefficient (Wildman–Crippen LogP) is 2.99. The van der Waals surface area contributed by atoms with Gasteiger partial charge in [0, 0.05) is 0 Å². The molecule has 1 saturated carbocycles. The van der Waals surface area contributed by atoms with E-state index in [1.165, 1.54) is 18.9 Å². The van der Waals surface area contributed by atoms with E-state index in [4.69, 9.17) is 5.73 Å². The predicted molar refractivity (Wildman–Crippen MR) is 60.2 cm³/mol. The molecular weight excluding hydrogens is 189 g/mol. The molecule has 0 unspecified atom stereocenters. The number of hydrogen-bond donors (Lipinski definition) is 1. The van der Waals surface area contributed by atoms with Gasteiger partial charge in [0.15, 0.2) is 0 Å². The van der Waals surface area contributed by atoms with Gasteiger partial charge >= 0.3 is 0 Å². The van der Waals surface area contributed by atoms with Crippen LogP contribution in [0, 0.1) is 5.82 Å². The molecule has 1 aromatic carbocycles. The van der Waals surface area contributed by atoms with Gasteiger partial charge in [-0.05, 0) is 48.9 Å². The second-order valence-corrected chi connectivity index (χ2v) is 4.54. The van der Waals surface area contributed by atoms with Crippen LogP contribution in [0.15, 0.2) is 24.3 Å². The largest absolute Gasteiger partial charge is 0.330 e. The molecule has 2 heteroatoms. The molecule has 82 valence electrons. The molecule has 2 rings (SSSR count). The summed E-state index contributed by atoms with van der Waals surface area (Å²) in [5.74, 6) is -0.129. The third-order valence-electron chi connectivity index (χ3n) is 3.62. The van der Waals surface area contributed by atoms with Gasteiger partial charge in [-0.25, -0.2) is 4.39 Å². The Morgan fingerprint density at radius 2 is 2.00 bits per heavy atom. The van der Waals surface area contributed by atoms with Crippen LogP contribution in [0.4, 0.5) is 4.39 Å². The molecule has 0 radical (unpaired) electrons. The Bertz CT molecular complexity index is 329. The van der Waals surface area contributed by atoms with Gasteiger partial charge in [0.05, 0.1) is 0 Å². The molecule has 0 atom stereocenters. The van der Waals surface area contributed by atoms with Crippen molar-refractivity contribution in [3.8, 4) is 0 Å². The lowest BCUT2D eigenvalue weighted by atomic mass is 9.76. The summed E-state index contributed by atoms with van der Waals surface area (Å²) in [6.45, 7) is 0.691. The summed E-state index contributed by atoms with van der Waals surface area (Å²) in [7, 11) is 0. The highest BCUT2D eigenvalue weighted by molar-refractivity contribution is 5.27. The fraction of sp³-hybridized carbons (Fsp3) is 0.538. The molecule has 0 aromatic heterocycles. The topological polar surface area (TPSA) is 26.0 Å². The van der Waals surface area contributed by atoms with Crippen molar-refractivity contribution in [3.05, 3.63) is 35.6 Å². The molecule has 15 heavy (non-hydrogen) atoms. The van der Waals surface area contributed by atoms with Crippen molar-refractivity contribution in [2.45, 2.75) is 37.5 Å². The number of rotatable bonds is 3. The maximum absolute atomic E-state index is 13.2. The molecule has 2 N–H and O–H groups in total. The van der Waals surface area contributed by atoms with Gasteiger partial charge in [-0.2, -0.15) is 0 Å². The van der Waals surface area contributed by atoms with Crippen LogP contribution in [0.5, 0.6) is 0 Å². The maximum Gasteiger partial charge on any atom is 0.123 e. The van der Waals surface area contributed by atoms with Gasteiger partial charge in [0.25, 0.3) is 0 Å². The van der Waals surface area contributed by atoms with E-state index >= 15 is 0 Å². The smallest absolute Gasteiger partial charge is 0.123 e. The third kappa shape index (κ3) is 2.05. The molecule has 1 fully saturated rings. The fourth-order valence-electron chi connectivity index (χ4n) is 2.83. The lowest BCUT2D eigenvalue weighted by Crippen LogP contribution is -2.25. The Balaban J connectivity index is 2.31. The SMILES string of the molecule is NCCC1(c2cccc(F)c2)CCCC1. The van der Waals surface area contributed by atoms with Gasteiger partial charge in [-0.15, -0.1) is 0 Å². The summed E-state index contributed by atoms with van der Waals surface area (Å²) in [4.78, 5) is 0. The molecule has 0 amide bonds. The minimum absolute atomic E-state index is 0.129. The van der Waals surface area contributed by atoms with Crippen molar-refractivity contribution < 1.29 is 4.39 Å². The quantitative estimate of drug-likeness (QED) is 0.810. The van der Waals surface area contributed by atoms with Crippen LogP contribution in [-0.4, -0.2) is 6.54 Å². The van der Waals surface area contributed by atoms with Gasteiger partial charge in [-0.1, -0.05) is 25.0 Å². The summed E-state index contributed by atoms with van der Waals surface area (Å²) >= 11 is 0. The van der Waals surface area contributed by atoms with Crippen LogP contribution in [0.1, 0.15) is 37.7 Å². The molecule has 1 aliphatic rings. The van der Waals surface area contributed by atoms with Crippen LogP contribution in [0.3, 0.4) is 0 Å². The summed E-state index contributed by atoms with van der Waals surface area (Å²) in [6.07, 6.45) is 5.80. The lowest BCUT2D eigenvalue weighted by molar-refractivity contribution is 0.409. The molecule has 0 aliphatic heterocycles. The minimum atomic E-state index is -0.129. The molecule has 0 bridgehead atoms. The zero-order valence-electron chi connectivity index (χ0n) is 9.01. The monoisotopic (exact) mass is 207 g/mol. The van der Waals surface area contributed by atoms with Crippen molar-refractivity contribution in [3.63, 3.8) is 0 Å². The lowest BCUT2D eigenvalue weighted by Gasteiger charge is -2.29. The van der Waals surface area contributed by atoms with E-state index in [1.54, 1.807) is 12.1 Å². The molecule has 0 heterocycles. The van der Waals surface area contributed by atoms with Crippen molar-refractivity contribution in [2.75, 3.05) is 6.54 Å². The molecule has 0 spiro atoms. The Labute approximate surface area is 90.5 Å². The van der Waals surface area contributed by atoms with Crippen molar-refractivity contribution in [1.82, 2.24) is 0 Å². The molecule has 1 nitrogen and oxygen atoms in total. The zero-order chi connectivity index (χ0) is 10.7. The zero-order valence-corrected chi connectivity index (χ0v) is 9.01. The Hall–Kier alpha value is -0.890. The third-order valence-corrected chi connectivity index (χ3v) is 3.62. The van der Waals surface area contributed by atoms with Gasteiger partial charge in [0.1, 0.15) is 5.82 Å². The molecule has 0 saturated heterocycles. The average molecular weight is 207 g/mol. The highest BCUT2D eigenvalue weighted by Crippen LogP contribution is 2.43. The summed E-state index contributed by atoms with van der Waals surface area (Å²) in [5.41, 5.74) is 6.98. The number of benzene rings is 1. The minimum Gasteiger partial charge on any atom is -0.330 e. The van der Waals surface area contributed by atoms with Crippen molar-refractivity contribution in [1.29, 1.82) is 0 Å². The standard InChI is InChI=1S/C13H18FN/c14-12-5-3-4-11(10-12)13(8-9-15)6-1-2-7-13/h3-5,10H,1-2,6-9,15H2. The second kappa shape index (κ2) is 4.31. The van der Waals surface area contributed by atoms with Crippen LogP contribution in [-0.2, 0) is 5.41 Å². The number of hydrogen-bond acceptors (Lipinski definition) is 1. The Morgan fingerprint density at radius 1 is 1.27 bits per heavy atom. The highest BCUT2D eigenvalue weighted by atomic mass is 19.1. The van der Waals surface area contributed by atoms with Gasteiger partial charge < -0.3 is 5.73 Å².